The summed E-state index contributed by atoms with van der Waals surface area (Å²) in [6, 6.07) is 8.12. The molecule has 0 aliphatic rings. The summed E-state index contributed by atoms with van der Waals surface area (Å²) >= 11 is 5.88. The van der Waals surface area contributed by atoms with E-state index in [1.165, 1.54) is 13.2 Å². The van der Waals surface area contributed by atoms with Gasteiger partial charge in [-0.2, -0.15) is 13.2 Å². The smallest absolute Gasteiger partial charge is 0.416 e. The molecule has 0 aliphatic carbocycles. The Morgan fingerprint density at radius 3 is 2.43 bits per heavy atom. The monoisotopic (exact) mass is 316 g/mol. The van der Waals surface area contributed by atoms with E-state index < -0.39 is 11.7 Å². The summed E-state index contributed by atoms with van der Waals surface area (Å²) in [7, 11) is 1.47. The van der Waals surface area contributed by atoms with Gasteiger partial charge in [-0.25, -0.2) is 0 Å². The second kappa shape index (κ2) is 5.73. The van der Waals surface area contributed by atoms with Crippen LogP contribution in [0.2, 0.25) is 5.02 Å². The molecule has 0 atom stereocenters. The van der Waals surface area contributed by atoms with Gasteiger partial charge in [0.05, 0.1) is 34.8 Å². The zero-order chi connectivity index (χ0) is 15.6. The zero-order valence-electron chi connectivity index (χ0n) is 11.0. The lowest BCUT2D eigenvalue weighted by atomic mass is 10.2. The molecule has 2 aromatic rings. The van der Waals surface area contributed by atoms with E-state index in [0.29, 0.717) is 22.8 Å². The number of benzene rings is 2. The normalized spacial score (nSPS) is 11.3. The summed E-state index contributed by atoms with van der Waals surface area (Å²) in [5.41, 5.74) is 6.24. The largest absolute Gasteiger partial charge is 0.495 e. The number of nitrogens with two attached hydrogens (primary N) is 1. The van der Waals surface area contributed by atoms with E-state index in [1.807, 2.05) is 0 Å². The van der Waals surface area contributed by atoms with Gasteiger partial charge >= 0.3 is 6.18 Å². The predicted octanol–water partition coefficient (Wildman–Crippen LogP) is 4.69. The Morgan fingerprint density at radius 2 is 1.86 bits per heavy atom. The van der Waals surface area contributed by atoms with Gasteiger partial charge in [0, 0.05) is 0 Å². The van der Waals surface area contributed by atoms with E-state index in [-0.39, 0.29) is 5.02 Å². The van der Waals surface area contributed by atoms with Crippen LogP contribution >= 0.6 is 11.6 Å². The van der Waals surface area contributed by atoms with Crippen LogP contribution in [-0.2, 0) is 6.18 Å². The van der Waals surface area contributed by atoms with Gasteiger partial charge in [0.25, 0.3) is 0 Å². The standard InChI is InChI=1S/C14H12ClF3N2O/c1-21-12-4-2-3-11(13(12)19)20-10-6-5-8(7-9(10)15)14(16,17)18/h2-7,20H,19H2,1H3. The van der Waals surface area contributed by atoms with E-state index in [2.05, 4.69) is 5.32 Å². The number of hydrogen-bond acceptors (Lipinski definition) is 3. The average Bonchev–Trinajstić information content (AvgIpc) is 2.42. The van der Waals surface area contributed by atoms with Gasteiger partial charge in [0.15, 0.2) is 0 Å². The molecule has 3 nitrogen and oxygen atoms in total. The molecule has 3 N–H and O–H groups in total. The minimum Gasteiger partial charge on any atom is -0.495 e. The molecule has 2 rings (SSSR count). The minimum atomic E-state index is -4.43. The molecule has 0 aliphatic heterocycles. The van der Waals surface area contributed by atoms with Crippen molar-refractivity contribution < 1.29 is 17.9 Å². The highest BCUT2D eigenvalue weighted by Gasteiger charge is 2.30. The summed E-state index contributed by atoms with van der Waals surface area (Å²) in [6.45, 7) is 0. The van der Waals surface area contributed by atoms with Crippen LogP contribution in [-0.4, -0.2) is 7.11 Å². The summed E-state index contributed by atoms with van der Waals surface area (Å²) in [4.78, 5) is 0. The van der Waals surface area contributed by atoms with Crippen molar-refractivity contribution in [1.29, 1.82) is 0 Å². The summed E-state index contributed by atoms with van der Waals surface area (Å²) in [6.07, 6.45) is -4.43. The molecule has 0 heterocycles. The number of rotatable bonds is 3. The van der Waals surface area contributed by atoms with Crippen LogP contribution in [0.4, 0.5) is 30.2 Å². The highest BCUT2D eigenvalue weighted by molar-refractivity contribution is 6.33. The van der Waals surface area contributed by atoms with Crippen molar-refractivity contribution in [3.8, 4) is 5.75 Å². The fourth-order valence-electron chi connectivity index (χ4n) is 1.77. The maximum atomic E-state index is 12.6. The van der Waals surface area contributed by atoms with Crippen molar-refractivity contribution in [2.24, 2.45) is 0 Å². The van der Waals surface area contributed by atoms with Gasteiger partial charge in [-0.15, -0.1) is 0 Å². The summed E-state index contributed by atoms with van der Waals surface area (Å²) in [5, 5.41) is 2.84. The Balaban J connectivity index is 2.33. The fraction of sp³-hybridized carbons (Fsp3) is 0.143. The van der Waals surface area contributed by atoms with Gasteiger partial charge in [-0.1, -0.05) is 17.7 Å². The molecule has 7 heteroatoms. The minimum absolute atomic E-state index is 0.0490. The molecular weight excluding hydrogens is 305 g/mol. The topological polar surface area (TPSA) is 47.3 Å². The lowest BCUT2D eigenvalue weighted by Crippen LogP contribution is -2.05. The average molecular weight is 317 g/mol. The van der Waals surface area contributed by atoms with Crippen LogP contribution in [0.5, 0.6) is 5.75 Å². The first-order valence-corrected chi connectivity index (χ1v) is 6.27. The van der Waals surface area contributed by atoms with E-state index >= 15 is 0 Å². The number of alkyl halides is 3. The number of ether oxygens (including phenoxy) is 1. The third kappa shape index (κ3) is 3.33. The first kappa shape index (κ1) is 15.3. The molecule has 2 aromatic carbocycles. The van der Waals surface area contributed by atoms with E-state index in [9.17, 15) is 13.2 Å². The van der Waals surface area contributed by atoms with Gasteiger partial charge in [-0.05, 0) is 30.3 Å². The van der Waals surface area contributed by atoms with Gasteiger partial charge in [-0.3, -0.25) is 0 Å². The zero-order valence-corrected chi connectivity index (χ0v) is 11.7. The number of hydrogen-bond donors (Lipinski definition) is 2. The van der Waals surface area contributed by atoms with E-state index in [0.717, 1.165) is 12.1 Å². The van der Waals surface area contributed by atoms with Gasteiger partial charge < -0.3 is 15.8 Å². The van der Waals surface area contributed by atoms with Gasteiger partial charge in [0.1, 0.15) is 5.75 Å². The van der Waals surface area contributed by atoms with Crippen LogP contribution in [0.1, 0.15) is 5.56 Å². The quantitative estimate of drug-likeness (QED) is 0.807. The summed E-state index contributed by atoms with van der Waals surface area (Å²) in [5.74, 6) is 0.461. The number of halogens is 4. The first-order valence-electron chi connectivity index (χ1n) is 5.89. The molecule has 0 spiro atoms. The molecule has 0 fully saturated rings. The maximum Gasteiger partial charge on any atom is 0.416 e. The van der Waals surface area contributed by atoms with Crippen molar-refractivity contribution in [3.05, 3.63) is 47.0 Å². The third-order valence-electron chi connectivity index (χ3n) is 2.85. The summed E-state index contributed by atoms with van der Waals surface area (Å²) < 4.78 is 42.8. The number of methoxy groups -OCH3 is 1. The molecule has 0 unspecified atom stereocenters. The Kier molecular flexibility index (Phi) is 4.18. The highest BCUT2D eigenvalue weighted by Crippen LogP contribution is 2.37. The molecule has 0 bridgehead atoms. The van der Waals surface area contributed by atoms with Crippen molar-refractivity contribution in [2.45, 2.75) is 6.18 Å². The first-order chi connectivity index (χ1) is 9.82. The van der Waals surface area contributed by atoms with E-state index in [4.69, 9.17) is 22.1 Å². The Bertz CT molecular complexity index is 659. The molecular formula is C14H12ClF3N2O. The second-order valence-corrected chi connectivity index (χ2v) is 4.65. The molecule has 0 aromatic heterocycles. The number of anilines is 3. The molecule has 0 saturated heterocycles. The molecule has 0 amide bonds. The maximum absolute atomic E-state index is 12.6. The SMILES string of the molecule is COc1cccc(Nc2ccc(C(F)(F)F)cc2Cl)c1N. The number of nitrogens with one attached hydrogen (secondary N) is 1. The highest BCUT2D eigenvalue weighted by atomic mass is 35.5. The Morgan fingerprint density at radius 1 is 1.14 bits per heavy atom. The number of para-hydroxylation sites is 1. The van der Waals surface area contributed by atoms with Gasteiger partial charge in [0.2, 0.25) is 0 Å². The second-order valence-electron chi connectivity index (χ2n) is 4.24. The van der Waals surface area contributed by atoms with Crippen molar-refractivity contribution >= 4 is 28.7 Å². The van der Waals surface area contributed by atoms with Crippen LogP contribution < -0.4 is 15.8 Å². The number of nitrogen functional groups attached to an aromatic ring is 1. The lowest BCUT2D eigenvalue weighted by Gasteiger charge is -2.14. The van der Waals surface area contributed by atoms with Crippen molar-refractivity contribution in [1.82, 2.24) is 0 Å². The lowest BCUT2D eigenvalue weighted by molar-refractivity contribution is -0.137. The Hall–Kier alpha value is -2.08. The molecule has 21 heavy (non-hydrogen) atoms. The van der Waals surface area contributed by atoms with Crippen LogP contribution in [0, 0.1) is 0 Å². The molecule has 112 valence electrons. The van der Waals surface area contributed by atoms with Crippen LogP contribution in [0.3, 0.4) is 0 Å². The molecule has 0 saturated carbocycles. The van der Waals surface area contributed by atoms with Crippen LogP contribution in [0.25, 0.3) is 0 Å². The Labute approximate surface area is 124 Å². The van der Waals surface area contributed by atoms with Crippen LogP contribution in [0.15, 0.2) is 36.4 Å². The molecule has 0 radical (unpaired) electrons. The third-order valence-corrected chi connectivity index (χ3v) is 3.16. The van der Waals surface area contributed by atoms with Crippen molar-refractivity contribution in [3.63, 3.8) is 0 Å². The van der Waals surface area contributed by atoms with E-state index in [1.54, 1.807) is 18.2 Å². The fourth-order valence-corrected chi connectivity index (χ4v) is 2.00. The predicted molar refractivity (Wildman–Crippen MR) is 77.1 cm³/mol. The van der Waals surface area contributed by atoms with Crippen molar-refractivity contribution in [2.75, 3.05) is 18.2 Å².